The third kappa shape index (κ3) is 5.63. The molecule has 3 rings (SSSR count). The number of carbonyl (C=O) groups is 1. The van der Waals surface area contributed by atoms with E-state index in [0.717, 1.165) is 36.9 Å². The zero-order valence-electron chi connectivity index (χ0n) is 15.7. The monoisotopic (exact) mass is 377 g/mol. The number of thioether (sulfide) groups is 1. The summed E-state index contributed by atoms with van der Waals surface area (Å²) in [5.41, 5.74) is 1.25. The lowest BCUT2D eigenvalue weighted by Gasteiger charge is -2.35. The van der Waals surface area contributed by atoms with Crippen LogP contribution in [0.3, 0.4) is 0 Å². The van der Waals surface area contributed by atoms with Crippen molar-refractivity contribution in [3.63, 3.8) is 0 Å². The van der Waals surface area contributed by atoms with Gasteiger partial charge in [-0.05, 0) is 43.6 Å². The molecule has 144 valence electrons. The van der Waals surface area contributed by atoms with Crippen molar-refractivity contribution in [1.29, 1.82) is 0 Å². The molecule has 2 unspecified atom stereocenters. The zero-order chi connectivity index (χ0) is 18.2. The Morgan fingerprint density at radius 3 is 2.73 bits per heavy atom. The SMILES string of the molecule is COc1ccc(C(CNC(=O)CC2CSCCN2)N2CCCCC2)cc1. The summed E-state index contributed by atoms with van der Waals surface area (Å²) in [6.45, 7) is 3.89. The Kier molecular flexibility index (Phi) is 7.65. The van der Waals surface area contributed by atoms with Crippen LogP contribution in [0.2, 0.25) is 0 Å². The molecule has 2 heterocycles. The number of hydrogen-bond acceptors (Lipinski definition) is 5. The van der Waals surface area contributed by atoms with Crippen LogP contribution < -0.4 is 15.4 Å². The molecule has 26 heavy (non-hydrogen) atoms. The quantitative estimate of drug-likeness (QED) is 0.764. The van der Waals surface area contributed by atoms with Gasteiger partial charge in [0.05, 0.1) is 13.2 Å². The smallest absolute Gasteiger partial charge is 0.221 e. The standard InChI is InChI=1S/C20H31N3O2S/c1-25-18-7-5-16(6-8-18)19(23-10-3-2-4-11-23)14-22-20(24)13-17-15-26-12-9-21-17/h5-8,17,19,21H,2-4,9-15H2,1H3,(H,22,24). The van der Waals surface area contributed by atoms with E-state index in [1.807, 2.05) is 23.9 Å². The average molecular weight is 378 g/mol. The van der Waals surface area contributed by atoms with E-state index in [1.54, 1.807) is 7.11 Å². The van der Waals surface area contributed by atoms with Crippen molar-refractivity contribution in [2.75, 3.05) is 44.8 Å². The molecule has 2 atom stereocenters. The molecule has 0 bridgehead atoms. The highest BCUT2D eigenvalue weighted by molar-refractivity contribution is 7.99. The first-order valence-corrected chi connectivity index (χ1v) is 10.9. The molecule has 2 aliphatic rings. The van der Waals surface area contributed by atoms with Crippen molar-refractivity contribution < 1.29 is 9.53 Å². The van der Waals surface area contributed by atoms with E-state index in [9.17, 15) is 4.79 Å². The van der Waals surface area contributed by atoms with Gasteiger partial charge in [-0.1, -0.05) is 18.6 Å². The summed E-state index contributed by atoms with van der Waals surface area (Å²) < 4.78 is 5.28. The van der Waals surface area contributed by atoms with Gasteiger partial charge in [0.2, 0.25) is 5.91 Å². The summed E-state index contributed by atoms with van der Waals surface area (Å²) in [6.07, 6.45) is 4.36. The molecule has 2 aliphatic heterocycles. The highest BCUT2D eigenvalue weighted by Gasteiger charge is 2.24. The fourth-order valence-corrected chi connectivity index (χ4v) is 4.72. The van der Waals surface area contributed by atoms with Gasteiger partial charge in [0.15, 0.2) is 0 Å². The van der Waals surface area contributed by atoms with Gasteiger partial charge in [-0.3, -0.25) is 9.69 Å². The maximum absolute atomic E-state index is 12.4. The van der Waals surface area contributed by atoms with Crippen LogP contribution in [0.25, 0.3) is 0 Å². The van der Waals surface area contributed by atoms with Gasteiger partial charge in [0, 0.05) is 37.1 Å². The Balaban J connectivity index is 1.59. The van der Waals surface area contributed by atoms with Gasteiger partial charge in [0.1, 0.15) is 5.75 Å². The number of nitrogens with zero attached hydrogens (tertiary/aromatic N) is 1. The second-order valence-electron chi connectivity index (χ2n) is 7.12. The van der Waals surface area contributed by atoms with Crippen LogP contribution in [-0.4, -0.2) is 61.6 Å². The van der Waals surface area contributed by atoms with Crippen LogP contribution in [0.15, 0.2) is 24.3 Å². The van der Waals surface area contributed by atoms with Crippen LogP contribution in [0.5, 0.6) is 5.75 Å². The summed E-state index contributed by atoms with van der Waals surface area (Å²) in [5, 5.41) is 6.63. The molecule has 6 heteroatoms. The largest absolute Gasteiger partial charge is 0.497 e. The molecule has 2 fully saturated rings. The molecule has 2 N–H and O–H groups in total. The van der Waals surface area contributed by atoms with Crippen LogP contribution in [0.1, 0.15) is 37.3 Å². The summed E-state index contributed by atoms with van der Waals surface area (Å²) >= 11 is 1.93. The second-order valence-corrected chi connectivity index (χ2v) is 8.27. The van der Waals surface area contributed by atoms with Crippen molar-refractivity contribution >= 4 is 17.7 Å². The summed E-state index contributed by atoms with van der Waals surface area (Å²) in [6, 6.07) is 8.82. The van der Waals surface area contributed by atoms with Gasteiger partial charge in [-0.2, -0.15) is 11.8 Å². The molecule has 0 spiro atoms. The molecule has 1 aromatic carbocycles. The number of hydrogen-bond donors (Lipinski definition) is 2. The average Bonchev–Trinajstić information content (AvgIpc) is 2.70. The minimum absolute atomic E-state index is 0.153. The number of ether oxygens (including phenoxy) is 1. The van der Waals surface area contributed by atoms with Gasteiger partial charge >= 0.3 is 0 Å². The normalized spacial score (nSPS) is 22.6. The highest BCUT2D eigenvalue weighted by atomic mass is 32.2. The molecule has 0 aliphatic carbocycles. The summed E-state index contributed by atoms with van der Waals surface area (Å²) in [7, 11) is 1.69. The van der Waals surface area contributed by atoms with Gasteiger partial charge < -0.3 is 15.4 Å². The molecule has 0 aromatic heterocycles. The molecular weight excluding hydrogens is 346 g/mol. The third-order valence-corrected chi connectivity index (χ3v) is 6.39. The summed E-state index contributed by atoms with van der Waals surface area (Å²) in [4.78, 5) is 14.9. The molecule has 0 radical (unpaired) electrons. The Morgan fingerprint density at radius 1 is 1.31 bits per heavy atom. The van der Waals surface area contributed by atoms with Crippen LogP contribution >= 0.6 is 11.8 Å². The van der Waals surface area contributed by atoms with Crippen molar-refractivity contribution in [2.24, 2.45) is 0 Å². The second kappa shape index (κ2) is 10.2. The fraction of sp³-hybridized carbons (Fsp3) is 0.650. The van der Waals surface area contributed by atoms with Crippen molar-refractivity contribution in [2.45, 2.75) is 37.8 Å². The van der Waals surface area contributed by atoms with E-state index in [2.05, 4.69) is 27.7 Å². The molecule has 0 saturated carbocycles. The first kappa shape index (κ1) is 19.5. The van der Waals surface area contributed by atoms with E-state index in [-0.39, 0.29) is 11.9 Å². The highest BCUT2D eigenvalue weighted by Crippen LogP contribution is 2.26. The predicted molar refractivity (Wildman–Crippen MR) is 108 cm³/mol. The Labute approximate surface area is 161 Å². The van der Waals surface area contributed by atoms with Crippen LogP contribution in [0, 0.1) is 0 Å². The van der Waals surface area contributed by atoms with Gasteiger partial charge in [-0.25, -0.2) is 0 Å². The molecule has 1 aromatic rings. The van der Waals surface area contributed by atoms with Crippen molar-refractivity contribution in [1.82, 2.24) is 15.5 Å². The number of rotatable bonds is 7. The zero-order valence-corrected chi connectivity index (χ0v) is 16.5. The van der Waals surface area contributed by atoms with E-state index in [0.29, 0.717) is 19.0 Å². The molecule has 1 amide bonds. The van der Waals surface area contributed by atoms with E-state index in [4.69, 9.17) is 4.74 Å². The van der Waals surface area contributed by atoms with Crippen LogP contribution in [0.4, 0.5) is 0 Å². The minimum atomic E-state index is 0.153. The van der Waals surface area contributed by atoms with Crippen LogP contribution in [-0.2, 0) is 4.79 Å². The first-order chi connectivity index (χ1) is 12.8. The predicted octanol–water partition coefficient (Wildman–Crippen LogP) is 2.43. The van der Waals surface area contributed by atoms with Crippen molar-refractivity contribution in [3.8, 4) is 5.75 Å². The van der Waals surface area contributed by atoms with E-state index < -0.39 is 0 Å². The van der Waals surface area contributed by atoms with Gasteiger partial charge in [-0.15, -0.1) is 0 Å². The number of nitrogens with one attached hydrogen (secondary N) is 2. The Morgan fingerprint density at radius 2 is 2.08 bits per heavy atom. The van der Waals surface area contributed by atoms with Gasteiger partial charge in [0.25, 0.3) is 0 Å². The number of methoxy groups -OCH3 is 1. The molecular formula is C20H31N3O2S. The first-order valence-electron chi connectivity index (χ1n) is 9.72. The topological polar surface area (TPSA) is 53.6 Å². The number of benzene rings is 1. The number of likely N-dealkylation sites (tertiary alicyclic amines) is 1. The van der Waals surface area contributed by atoms with Crippen molar-refractivity contribution in [3.05, 3.63) is 29.8 Å². The lowest BCUT2D eigenvalue weighted by molar-refractivity contribution is -0.121. The maximum atomic E-state index is 12.4. The maximum Gasteiger partial charge on any atom is 0.221 e. The third-order valence-electron chi connectivity index (χ3n) is 5.25. The number of amides is 1. The fourth-order valence-electron chi connectivity index (χ4n) is 3.77. The van der Waals surface area contributed by atoms with E-state index >= 15 is 0 Å². The lowest BCUT2D eigenvalue weighted by atomic mass is 10.0. The molecule has 2 saturated heterocycles. The number of carbonyl (C=O) groups excluding carboxylic acids is 1. The number of piperidine rings is 1. The Bertz CT molecular complexity index is 555. The minimum Gasteiger partial charge on any atom is -0.497 e. The molecule has 5 nitrogen and oxygen atoms in total. The lowest BCUT2D eigenvalue weighted by Crippen LogP contribution is -2.44. The van der Waals surface area contributed by atoms with E-state index in [1.165, 1.54) is 24.8 Å². The Hall–Kier alpha value is -1.24. The summed E-state index contributed by atoms with van der Waals surface area (Å²) in [5.74, 6) is 3.20.